The third kappa shape index (κ3) is 6.09. The van der Waals surface area contributed by atoms with Gasteiger partial charge in [0.1, 0.15) is 5.54 Å². The van der Waals surface area contributed by atoms with Crippen LogP contribution in [0, 0.1) is 11.3 Å². The highest BCUT2D eigenvalue weighted by Gasteiger charge is 2.25. The van der Waals surface area contributed by atoms with Crippen LogP contribution in [0.15, 0.2) is 0 Å². The van der Waals surface area contributed by atoms with Crippen molar-refractivity contribution in [3.8, 4) is 6.07 Å². The zero-order valence-electron chi connectivity index (χ0n) is 11.0. The lowest BCUT2D eigenvalue weighted by molar-refractivity contribution is 0.125. The van der Waals surface area contributed by atoms with Gasteiger partial charge in [-0.3, -0.25) is 5.32 Å². The molecule has 0 saturated carbocycles. The van der Waals surface area contributed by atoms with Crippen LogP contribution in [0.2, 0.25) is 0 Å². The Balaban J connectivity index is 3.88. The third-order valence-corrected chi connectivity index (χ3v) is 2.77. The van der Waals surface area contributed by atoms with Crippen molar-refractivity contribution in [3.05, 3.63) is 0 Å². The summed E-state index contributed by atoms with van der Waals surface area (Å²) in [7, 11) is 0. The molecule has 0 fully saturated rings. The predicted molar refractivity (Wildman–Crippen MR) is 67.3 cm³/mol. The molecule has 0 radical (unpaired) electrons. The highest BCUT2D eigenvalue weighted by molar-refractivity contribution is 5.05. The van der Waals surface area contributed by atoms with Crippen molar-refractivity contribution in [1.82, 2.24) is 5.32 Å². The van der Waals surface area contributed by atoms with Gasteiger partial charge < -0.3 is 4.74 Å². The quantitative estimate of drug-likeness (QED) is 0.583. The maximum absolute atomic E-state index is 9.25. The van der Waals surface area contributed by atoms with Crippen molar-refractivity contribution in [2.24, 2.45) is 0 Å². The van der Waals surface area contributed by atoms with Gasteiger partial charge >= 0.3 is 0 Å². The maximum atomic E-state index is 9.25. The molecule has 0 spiro atoms. The van der Waals surface area contributed by atoms with E-state index in [2.05, 4.69) is 32.2 Å². The summed E-state index contributed by atoms with van der Waals surface area (Å²) in [6, 6.07) is 2.42. The number of nitrogens with zero attached hydrogens (tertiary/aromatic N) is 1. The molecule has 3 nitrogen and oxygen atoms in total. The Kier molecular flexibility index (Phi) is 9.27. The Labute approximate surface area is 100 Å². The fraction of sp³-hybridized carbons (Fsp3) is 0.923. The monoisotopic (exact) mass is 226 g/mol. The lowest BCUT2D eigenvalue weighted by atomic mass is 9.92. The van der Waals surface area contributed by atoms with Crippen molar-refractivity contribution in [2.75, 3.05) is 19.8 Å². The summed E-state index contributed by atoms with van der Waals surface area (Å²) in [6.45, 7) is 8.80. The van der Waals surface area contributed by atoms with Crippen LogP contribution in [0.5, 0.6) is 0 Å². The molecular weight excluding hydrogens is 200 g/mol. The van der Waals surface area contributed by atoms with Crippen LogP contribution in [0.3, 0.4) is 0 Å². The Morgan fingerprint density at radius 3 is 2.44 bits per heavy atom. The van der Waals surface area contributed by atoms with Gasteiger partial charge in [-0.25, -0.2) is 0 Å². The number of rotatable bonds is 10. The summed E-state index contributed by atoms with van der Waals surface area (Å²) >= 11 is 0. The van der Waals surface area contributed by atoms with Crippen LogP contribution in [-0.4, -0.2) is 25.3 Å². The van der Waals surface area contributed by atoms with E-state index in [1.807, 2.05) is 0 Å². The lowest BCUT2D eigenvalue weighted by Gasteiger charge is -2.26. The molecule has 0 aromatic carbocycles. The van der Waals surface area contributed by atoms with Crippen molar-refractivity contribution in [1.29, 1.82) is 5.26 Å². The van der Waals surface area contributed by atoms with Crippen LogP contribution in [-0.2, 0) is 4.74 Å². The molecule has 0 amide bonds. The minimum atomic E-state index is -0.342. The Morgan fingerprint density at radius 1 is 1.19 bits per heavy atom. The second kappa shape index (κ2) is 9.62. The Bertz CT molecular complexity index is 201. The molecule has 0 rings (SSSR count). The molecule has 94 valence electrons. The molecule has 0 aliphatic carbocycles. The van der Waals surface area contributed by atoms with Crippen LogP contribution >= 0.6 is 0 Å². The Hall–Kier alpha value is -0.590. The molecule has 0 aliphatic heterocycles. The van der Waals surface area contributed by atoms with Gasteiger partial charge in [-0.2, -0.15) is 5.26 Å². The normalized spacial score (nSPS) is 14.4. The predicted octanol–water partition coefficient (Wildman–Crippen LogP) is 2.87. The lowest BCUT2D eigenvalue weighted by Crippen LogP contribution is -2.44. The van der Waals surface area contributed by atoms with Crippen molar-refractivity contribution < 1.29 is 4.74 Å². The summed E-state index contributed by atoms with van der Waals surface area (Å²) in [4.78, 5) is 0. The second-order valence-electron chi connectivity index (χ2n) is 4.19. The summed E-state index contributed by atoms with van der Waals surface area (Å²) in [5, 5.41) is 12.6. The molecule has 1 unspecified atom stereocenters. The molecule has 0 bridgehead atoms. The third-order valence-electron chi connectivity index (χ3n) is 2.77. The average Bonchev–Trinajstić information content (AvgIpc) is 2.33. The molecule has 0 heterocycles. The number of nitriles is 1. The maximum Gasteiger partial charge on any atom is 0.106 e. The van der Waals surface area contributed by atoms with Crippen LogP contribution in [0.1, 0.15) is 52.9 Å². The number of hydrogen-bond acceptors (Lipinski definition) is 3. The van der Waals surface area contributed by atoms with Gasteiger partial charge in [-0.05, 0) is 38.6 Å². The molecule has 0 aromatic rings. The molecule has 0 aromatic heterocycles. The van der Waals surface area contributed by atoms with E-state index in [1.54, 1.807) is 0 Å². The van der Waals surface area contributed by atoms with Crippen molar-refractivity contribution in [2.45, 2.75) is 58.4 Å². The van der Waals surface area contributed by atoms with E-state index in [-0.39, 0.29) is 5.54 Å². The van der Waals surface area contributed by atoms with Crippen molar-refractivity contribution in [3.63, 3.8) is 0 Å². The molecule has 1 N–H and O–H groups in total. The summed E-state index contributed by atoms with van der Waals surface area (Å²) in [6.07, 6.45) is 4.82. The molecule has 3 heteroatoms. The van der Waals surface area contributed by atoms with Crippen molar-refractivity contribution >= 4 is 0 Å². The first-order valence-corrected chi connectivity index (χ1v) is 6.48. The highest BCUT2D eigenvalue weighted by atomic mass is 16.5. The topological polar surface area (TPSA) is 45.0 Å². The van der Waals surface area contributed by atoms with Gasteiger partial charge in [-0.1, -0.05) is 20.8 Å². The Morgan fingerprint density at radius 2 is 1.94 bits per heavy atom. The molecular formula is C13H26N2O. The van der Waals surface area contributed by atoms with E-state index in [1.165, 1.54) is 0 Å². The second-order valence-corrected chi connectivity index (χ2v) is 4.19. The SMILES string of the molecule is CCCNC(C#N)(CC)CCCOCCC. The molecule has 1 atom stereocenters. The standard InChI is InChI=1S/C13H26N2O/c1-4-9-15-13(6-3,12-14)8-7-11-16-10-5-2/h15H,4-11H2,1-3H3. The average molecular weight is 226 g/mol. The fourth-order valence-electron chi connectivity index (χ4n) is 1.65. The van der Waals surface area contributed by atoms with Gasteiger partial charge in [0.2, 0.25) is 0 Å². The van der Waals surface area contributed by atoms with Crippen LogP contribution in [0.4, 0.5) is 0 Å². The minimum absolute atomic E-state index is 0.342. The first kappa shape index (κ1) is 15.4. The number of hydrogen-bond donors (Lipinski definition) is 1. The van der Waals surface area contributed by atoms with E-state index in [0.29, 0.717) is 0 Å². The summed E-state index contributed by atoms with van der Waals surface area (Å²) in [5.41, 5.74) is -0.342. The van der Waals surface area contributed by atoms with Gasteiger partial charge in [-0.15, -0.1) is 0 Å². The molecule has 16 heavy (non-hydrogen) atoms. The zero-order chi connectivity index (χ0) is 12.3. The highest BCUT2D eigenvalue weighted by Crippen LogP contribution is 2.16. The van der Waals surface area contributed by atoms with Gasteiger partial charge in [0.05, 0.1) is 6.07 Å². The smallest absolute Gasteiger partial charge is 0.106 e. The summed E-state index contributed by atoms with van der Waals surface area (Å²) < 4.78 is 5.43. The number of nitrogens with one attached hydrogen (secondary N) is 1. The van der Waals surface area contributed by atoms with Crippen LogP contribution in [0.25, 0.3) is 0 Å². The zero-order valence-corrected chi connectivity index (χ0v) is 11.0. The van der Waals surface area contributed by atoms with E-state index in [4.69, 9.17) is 4.74 Å². The summed E-state index contributed by atoms with van der Waals surface area (Å²) in [5.74, 6) is 0. The van der Waals surface area contributed by atoms with Gasteiger partial charge in [0, 0.05) is 13.2 Å². The largest absolute Gasteiger partial charge is 0.381 e. The first-order chi connectivity index (χ1) is 7.74. The van der Waals surface area contributed by atoms with E-state index in [9.17, 15) is 5.26 Å². The van der Waals surface area contributed by atoms with Gasteiger partial charge in [0.25, 0.3) is 0 Å². The molecule has 0 aliphatic rings. The first-order valence-electron chi connectivity index (χ1n) is 6.48. The van der Waals surface area contributed by atoms with E-state index < -0.39 is 0 Å². The van der Waals surface area contributed by atoms with E-state index in [0.717, 1.165) is 51.9 Å². The fourth-order valence-corrected chi connectivity index (χ4v) is 1.65. The van der Waals surface area contributed by atoms with Crippen LogP contribution < -0.4 is 5.32 Å². The molecule has 0 saturated heterocycles. The van der Waals surface area contributed by atoms with Gasteiger partial charge in [0.15, 0.2) is 0 Å². The van der Waals surface area contributed by atoms with E-state index >= 15 is 0 Å². The number of ether oxygens (including phenoxy) is 1. The minimum Gasteiger partial charge on any atom is -0.381 e.